The minimum Gasteiger partial charge on any atom is -0.440 e. The average molecular weight is 369 g/mol. The first-order valence-electron chi connectivity index (χ1n) is 8.43. The number of nitrogens with one attached hydrogen (secondary N) is 2. The van der Waals surface area contributed by atoms with Crippen LogP contribution in [0.15, 0.2) is 40.8 Å². The van der Waals surface area contributed by atoms with Crippen LogP contribution in [-0.2, 0) is 10.2 Å². The quantitative estimate of drug-likeness (QED) is 0.713. The smallest absolute Gasteiger partial charge is 0.255 e. The summed E-state index contributed by atoms with van der Waals surface area (Å²) in [6, 6.07) is 8.93. The van der Waals surface area contributed by atoms with E-state index in [1.165, 1.54) is 19.1 Å². The van der Waals surface area contributed by atoms with Crippen LogP contribution >= 0.6 is 0 Å². The van der Waals surface area contributed by atoms with Gasteiger partial charge in [0.25, 0.3) is 5.91 Å². The average Bonchev–Trinajstić information content (AvgIpc) is 3.00. The van der Waals surface area contributed by atoms with E-state index >= 15 is 0 Å². The topological polar surface area (TPSA) is 84.2 Å². The number of carbonyl (C=O) groups is 2. The van der Waals surface area contributed by atoms with Crippen molar-refractivity contribution in [2.24, 2.45) is 0 Å². The first-order chi connectivity index (χ1) is 12.6. The van der Waals surface area contributed by atoms with Gasteiger partial charge in [-0.2, -0.15) is 0 Å². The van der Waals surface area contributed by atoms with Gasteiger partial charge in [0.05, 0.1) is 5.69 Å². The van der Waals surface area contributed by atoms with Crippen LogP contribution in [0.4, 0.5) is 15.8 Å². The van der Waals surface area contributed by atoms with Crippen LogP contribution in [0.5, 0.6) is 0 Å². The molecular weight excluding hydrogens is 349 g/mol. The Bertz CT molecular complexity index is 1030. The first-order valence-corrected chi connectivity index (χ1v) is 8.43. The van der Waals surface area contributed by atoms with E-state index < -0.39 is 17.6 Å². The molecule has 3 aromatic rings. The zero-order chi connectivity index (χ0) is 19.8. The molecule has 140 valence electrons. The number of oxazole rings is 1. The molecule has 2 amide bonds. The summed E-state index contributed by atoms with van der Waals surface area (Å²) in [6.45, 7) is 7.27. The second-order valence-electron chi connectivity index (χ2n) is 7.28. The second-order valence-corrected chi connectivity index (χ2v) is 7.28. The van der Waals surface area contributed by atoms with Gasteiger partial charge in [0.2, 0.25) is 11.8 Å². The fourth-order valence-electron chi connectivity index (χ4n) is 2.48. The van der Waals surface area contributed by atoms with Gasteiger partial charge in [0.15, 0.2) is 5.58 Å². The number of hydrogen-bond donors (Lipinski definition) is 2. The standard InChI is InChI=1S/C20H20FN3O3/c1-11(25)22-15-9-12(5-7-14(15)21)18(26)23-13-6-8-17-16(10-13)24-19(27-17)20(2,3)4/h5-10H,1-4H3,(H,22,25)(H,23,26). The van der Waals surface area contributed by atoms with Crippen LogP contribution in [0.1, 0.15) is 43.9 Å². The number of nitrogens with zero attached hydrogens (tertiary/aromatic N) is 1. The molecule has 1 aromatic heterocycles. The van der Waals surface area contributed by atoms with Crippen molar-refractivity contribution in [2.45, 2.75) is 33.1 Å². The monoisotopic (exact) mass is 369 g/mol. The lowest BCUT2D eigenvalue weighted by Gasteiger charge is -2.11. The summed E-state index contributed by atoms with van der Waals surface area (Å²) in [5.74, 6) is -0.849. The lowest BCUT2D eigenvalue weighted by molar-refractivity contribution is -0.114. The molecule has 0 saturated heterocycles. The van der Waals surface area contributed by atoms with Crippen molar-refractivity contribution in [3.05, 3.63) is 53.7 Å². The largest absolute Gasteiger partial charge is 0.440 e. The van der Waals surface area contributed by atoms with E-state index in [0.29, 0.717) is 22.7 Å². The Morgan fingerprint density at radius 3 is 2.48 bits per heavy atom. The number of benzene rings is 2. The van der Waals surface area contributed by atoms with Crippen molar-refractivity contribution < 1.29 is 18.4 Å². The highest BCUT2D eigenvalue weighted by Gasteiger charge is 2.21. The summed E-state index contributed by atoms with van der Waals surface area (Å²) in [4.78, 5) is 28.1. The summed E-state index contributed by atoms with van der Waals surface area (Å²) in [7, 11) is 0. The predicted octanol–water partition coefficient (Wildman–Crippen LogP) is 4.48. The first kappa shape index (κ1) is 18.6. The molecule has 0 aliphatic heterocycles. The van der Waals surface area contributed by atoms with Crippen LogP contribution in [-0.4, -0.2) is 16.8 Å². The number of halogens is 1. The number of amides is 2. The Balaban J connectivity index is 1.84. The highest BCUT2D eigenvalue weighted by Crippen LogP contribution is 2.27. The number of aromatic nitrogens is 1. The molecule has 0 saturated carbocycles. The fourth-order valence-corrected chi connectivity index (χ4v) is 2.48. The molecule has 3 rings (SSSR count). The molecule has 6 nitrogen and oxygen atoms in total. The highest BCUT2D eigenvalue weighted by atomic mass is 19.1. The van der Waals surface area contributed by atoms with E-state index in [1.807, 2.05) is 20.8 Å². The van der Waals surface area contributed by atoms with E-state index in [1.54, 1.807) is 18.2 Å². The Kier molecular flexibility index (Phi) is 4.70. The second kappa shape index (κ2) is 6.83. The van der Waals surface area contributed by atoms with Crippen molar-refractivity contribution in [3.63, 3.8) is 0 Å². The maximum atomic E-state index is 13.7. The van der Waals surface area contributed by atoms with Gasteiger partial charge in [-0.25, -0.2) is 9.37 Å². The molecule has 7 heteroatoms. The van der Waals surface area contributed by atoms with Gasteiger partial charge >= 0.3 is 0 Å². The molecule has 0 aliphatic rings. The van der Waals surface area contributed by atoms with Gasteiger partial charge in [-0.15, -0.1) is 0 Å². The van der Waals surface area contributed by atoms with Crippen molar-refractivity contribution in [1.82, 2.24) is 4.98 Å². The number of anilines is 2. The highest BCUT2D eigenvalue weighted by molar-refractivity contribution is 6.05. The maximum absolute atomic E-state index is 13.7. The molecular formula is C20H20FN3O3. The molecule has 27 heavy (non-hydrogen) atoms. The maximum Gasteiger partial charge on any atom is 0.255 e. The third kappa shape index (κ3) is 4.13. The van der Waals surface area contributed by atoms with Crippen LogP contribution in [0.3, 0.4) is 0 Å². The lowest BCUT2D eigenvalue weighted by atomic mass is 9.97. The number of fused-ring (bicyclic) bond motifs is 1. The summed E-state index contributed by atoms with van der Waals surface area (Å²) >= 11 is 0. The molecule has 2 aromatic carbocycles. The van der Waals surface area contributed by atoms with Crippen LogP contribution in [0, 0.1) is 5.82 Å². The molecule has 1 heterocycles. The zero-order valence-corrected chi connectivity index (χ0v) is 15.5. The van der Waals surface area contributed by atoms with Crippen molar-refractivity contribution in [1.29, 1.82) is 0 Å². The molecule has 0 atom stereocenters. The Morgan fingerprint density at radius 1 is 1.07 bits per heavy atom. The Morgan fingerprint density at radius 2 is 1.81 bits per heavy atom. The third-order valence-corrected chi connectivity index (χ3v) is 3.83. The normalized spacial score (nSPS) is 11.4. The van der Waals surface area contributed by atoms with Gasteiger partial charge in [0, 0.05) is 23.6 Å². The lowest BCUT2D eigenvalue weighted by Crippen LogP contribution is -2.14. The van der Waals surface area contributed by atoms with Crippen LogP contribution < -0.4 is 10.6 Å². The number of carbonyl (C=O) groups excluding carboxylic acids is 2. The van der Waals surface area contributed by atoms with E-state index in [9.17, 15) is 14.0 Å². The van der Waals surface area contributed by atoms with Gasteiger partial charge < -0.3 is 15.1 Å². The van der Waals surface area contributed by atoms with Crippen LogP contribution in [0.2, 0.25) is 0 Å². The molecule has 0 aliphatic carbocycles. The van der Waals surface area contributed by atoms with Gasteiger partial charge in [-0.05, 0) is 36.4 Å². The van der Waals surface area contributed by atoms with Crippen molar-refractivity contribution in [3.8, 4) is 0 Å². The van der Waals surface area contributed by atoms with Crippen molar-refractivity contribution in [2.75, 3.05) is 10.6 Å². The van der Waals surface area contributed by atoms with E-state index in [-0.39, 0.29) is 16.7 Å². The minimum atomic E-state index is -0.611. The van der Waals surface area contributed by atoms with Gasteiger partial charge in [0.1, 0.15) is 11.3 Å². The Labute approximate surface area is 155 Å². The Hall–Kier alpha value is -3.22. The molecule has 0 bridgehead atoms. The summed E-state index contributed by atoms with van der Waals surface area (Å²) in [5, 5.41) is 5.10. The minimum absolute atomic E-state index is 0.0445. The number of rotatable bonds is 3. The fraction of sp³-hybridized carbons (Fsp3) is 0.250. The third-order valence-electron chi connectivity index (χ3n) is 3.83. The number of hydrogen-bond acceptors (Lipinski definition) is 4. The predicted molar refractivity (Wildman–Crippen MR) is 101 cm³/mol. The SMILES string of the molecule is CC(=O)Nc1cc(C(=O)Nc2ccc3oc(C(C)(C)C)nc3c2)ccc1F. The summed E-state index contributed by atoms with van der Waals surface area (Å²) in [6.07, 6.45) is 0. The molecule has 0 unspecified atom stereocenters. The van der Waals surface area contributed by atoms with E-state index in [4.69, 9.17) is 4.42 Å². The van der Waals surface area contributed by atoms with Crippen LogP contribution in [0.25, 0.3) is 11.1 Å². The van der Waals surface area contributed by atoms with Gasteiger partial charge in [-0.3, -0.25) is 9.59 Å². The van der Waals surface area contributed by atoms with Gasteiger partial charge in [-0.1, -0.05) is 20.8 Å². The molecule has 0 fully saturated rings. The molecule has 0 spiro atoms. The van der Waals surface area contributed by atoms with E-state index in [2.05, 4.69) is 15.6 Å². The molecule has 0 radical (unpaired) electrons. The zero-order valence-electron chi connectivity index (χ0n) is 15.5. The summed E-state index contributed by atoms with van der Waals surface area (Å²) in [5.41, 5.74) is 1.75. The molecule has 2 N–H and O–H groups in total. The summed E-state index contributed by atoms with van der Waals surface area (Å²) < 4.78 is 19.5. The van der Waals surface area contributed by atoms with E-state index in [0.717, 1.165) is 6.07 Å². The van der Waals surface area contributed by atoms with Crippen molar-refractivity contribution >= 4 is 34.3 Å².